The summed E-state index contributed by atoms with van der Waals surface area (Å²) < 4.78 is 37.3. The van der Waals surface area contributed by atoms with Gasteiger partial charge in [0.05, 0.1) is 0 Å². The number of carbonyl (C=O) groups excluding carboxylic acids is 2. The van der Waals surface area contributed by atoms with Gasteiger partial charge >= 0.3 is 12.1 Å². The Morgan fingerprint density at radius 1 is 1.32 bits per heavy atom. The fraction of sp³-hybridized carbons (Fsp3) is 0.385. The fourth-order valence-corrected chi connectivity index (χ4v) is 2.28. The largest absolute Gasteiger partial charge is 0.492 e. The maximum atomic E-state index is 12.4. The molecule has 1 amide bonds. The first kappa shape index (κ1) is 16.2. The molecule has 0 radical (unpaired) electrons. The molecule has 2 atom stereocenters. The lowest BCUT2D eigenvalue weighted by atomic mass is 9.92. The third-order valence-electron chi connectivity index (χ3n) is 3.56. The number of hydrogen-bond donors (Lipinski definition) is 1. The summed E-state index contributed by atoms with van der Waals surface area (Å²) in [5, 5.41) is 0.570. The van der Waals surface area contributed by atoms with Crippen LogP contribution in [0.15, 0.2) is 30.3 Å². The predicted octanol–water partition coefficient (Wildman–Crippen LogP) is 0.939. The number of nitrogens with two attached hydrogens (primary N) is 1. The van der Waals surface area contributed by atoms with Gasteiger partial charge in [0.1, 0.15) is 0 Å². The van der Waals surface area contributed by atoms with Gasteiger partial charge in [0.25, 0.3) is 5.91 Å². The Labute approximate surface area is 124 Å². The van der Waals surface area contributed by atoms with Crippen LogP contribution in [-0.4, -0.2) is 41.4 Å². The Morgan fingerprint density at radius 2 is 1.86 bits per heavy atom. The van der Waals surface area contributed by atoms with Crippen LogP contribution in [0.5, 0.6) is 0 Å². The van der Waals surface area contributed by atoms with E-state index in [1.54, 1.807) is 18.2 Å². The second-order valence-corrected chi connectivity index (χ2v) is 4.97. The molecule has 120 valence electrons. The number of amides is 1. The van der Waals surface area contributed by atoms with Crippen molar-refractivity contribution in [3.8, 4) is 0 Å². The average Bonchev–Trinajstić information content (AvgIpc) is 2.63. The van der Waals surface area contributed by atoms with Crippen LogP contribution in [0.4, 0.5) is 13.2 Å². The highest BCUT2D eigenvalue weighted by atomic mass is 19.4. The first-order chi connectivity index (χ1) is 10.1. The molecule has 1 aliphatic rings. The third kappa shape index (κ3) is 2.42. The summed E-state index contributed by atoms with van der Waals surface area (Å²) in [4.78, 5) is 28.9. The molecule has 2 unspecified atom stereocenters. The minimum Gasteiger partial charge on any atom is -0.356 e. The van der Waals surface area contributed by atoms with E-state index in [1.165, 1.54) is 26.1 Å². The molecule has 0 spiro atoms. The van der Waals surface area contributed by atoms with Gasteiger partial charge in [-0.2, -0.15) is 13.2 Å². The lowest BCUT2D eigenvalue weighted by molar-refractivity contribution is -0.263. The summed E-state index contributed by atoms with van der Waals surface area (Å²) in [6.07, 6.45) is -6.52. The van der Waals surface area contributed by atoms with Gasteiger partial charge in [-0.1, -0.05) is 35.4 Å². The number of hydrogen-bond acceptors (Lipinski definition) is 5. The zero-order valence-corrected chi connectivity index (χ0v) is 11.8. The van der Waals surface area contributed by atoms with Crippen LogP contribution in [0.25, 0.3) is 0 Å². The van der Waals surface area contributed by atoms with Gasteiger partial charge in [-0.15, -0.1) is 0 Å². The molecule has 2 rings (SSSR count). The van der Waals surface area contributed by atoms with Crippen LogP contribution in [0, 0.1) is 0 Å². The lowest BCUT2D eigenvalue weighted by Gasteiger charge is -2.32. The van der Waals surface area contributed by atoms with Crippen LogP contribution >= 0.6 is 0 Å². The molecule has 22 heavy (non-hydrogen) atoms. The molecule has 0 saturated carbocycles. The second kappa shape index (κ2) is 5.25. The van der Waals surface area contributed by atoms with E-state index in [-0.39, 0.29) is 0 Å². The van der Waals surface area contributed by atoms with Gasteiger partial charge in [0, 0.05) is 7.05 Å². The highest BCUT2D eigenvalue weighted by molar-refractivity contribution is 5.89. The van der Waals surface area contributed by atoms with Crippen molar-refractivity contribution in [3.05, 3.63) is 35.9 Å². The molecule has 1 saturated heterocycles. The monoisotopic (exact) mass is 317 g/mol. The number of carbonyl (C=O) groups is 2. The minimum absolute atomic E-state index is 0.356. The summed E-state index contributed by atoms with van der Waals surface area (Å²) in [7, 11) is 1.32. The number of nitrogens with zero attached hydrogens (tertiary/aromatic N) is 2. The number of hydroxylamine groups is 2. The highest BCUT2D eigenvalue weighted by Gasteiger charge is 2.58. The van der Waals surface area contributed by atoms with Crippen molar-refractivity contribution in [2.24, 2.45) is 5.73 Å². The van der Waals surface area contributed by atoms with Crippen molar-refractivity contribution in [3.63, 3.8) is 0 Å². The number of benzene rings is 1. The van der Waals surface area contributed by atoms with Crippen LogP contribution in [0.3, 0.4) is 0 Å². The molecule has 1 heterocycles. The van der Waals surface area contributed by atoms with Crippen LogP contribution in [0.1, 0.15) is 12.5 Å². The Morgan fingerprint density at radius 3 is 2.36 bits per heavy atom. The second-order valence-electron chi connectivity index (χ2n) is 4.97. The molecule has 9 heteroatoms. The lowest BCUT2D eigenvalue weighted by Crippen LogP contribution is -2.52. The molecule has 1 aromatic rings. The van der Waals surface area contributed by atoms with E-state index in [0.29, 0.717) is 10.6 Å². The molecule has 0 aromatic heterocycles. The predicted molar refractivity (Wildman–Crippen MR) is 68.5 cm³/mol. The average molecular weight is 317 g/mol. The molecular weight excluding hydrogens is 303 g/mol. The summed E-state index contributed by atoms with van der Waals surface area (Å²) in [6.45, 7) is 1.34. The Kier molecular flexibility index (Phi) is 3.88. The van der Waals surface area contributed by atoms with Crippen LogP contribution < -0.4 is 5.73 Å². The number of likely N-dealkylation sites (N-methyl/N-ethyl adjacent to an activating group) is 1. The number of halogens is 3. The van der Waals surface area contributed by atoms with Crippen LogP contribution in [0.2, 0.25) is 0 Å². The normalized spacial score (nSPS) is 26.4. The Bertz CT molecular complexity index is 593. The van der Waals surface area contributed by atoms with Crippen molar-refractivity contribution < 1.29 is 27.6 Å². The minimum atomic E-state index is -5.19. The van der Waals surface area contributed by atoms with E-state index in [4.69, 9.17) is 5.73 Å². The molecule has 0 bridgehead atoms. The van der Waals surface area contributed by atoms with Gasteiger partial charge in [-0.3, -0.25) is 10.5 Å². The standard InChI is InChI=1S/C13H14F3N3O3/c1-12(8-6-4-3-5-7-8)9(20)18(2)11(17)19(12)22-10(21)13(14,15)16/h3-7,11H,17H2,1-2H3. The highest BCUT2D eigenvalue weighted by Crippen LogP contribution is 2.38. The first-order valence-electron chi connectivity index (χ1n) is 6.27. The van der Waals surface area contributed by atoms with Gasteiger partial charge < -0.3 is 9.74 Å². The molecular formula is C13H14F3N3O3. The number of rotatable bonds is 2. The molecule has 0 aliphatic carbocycles. The number of alkyl halides is 3. The van der Waals surface area contributed by atoms with Crippen LogP contribution in [-0.2, 0) is 20.0 Å². The molecule has 1 fully saturated rings. The maximum Gasteiger partial charge on any atom is 0.492 e. The SMILES string of the molecule is CN1C(=O)C(C)(c2ccccc2)N(OC(=O)C(F)(F)F)C1N. The summed E-state index contributed by atoms with van der Waals surface area (Å²) in [5.74, 6) is -3.02. The van der Waals surface area contributed by atoms with Gasteiger partial charge in [0.2, 0.25) is 0 Å². The zero-order chi connectivity index (χ0) is 16.7. The third-order valence-corrected chi connectivity index (χ3v) is 3.56. The van der Waals surface area contributed by atoms with Gasteiger partial charge in [-0.25, -0.2) is 4.79 Å². The van der Waals surface area contributed by atoms with Crippen molar-refractivity contribution >= 4 is 11.9 Å². The van der Waals surface area contributed by atoms with E-state index in [1.807, 2.05) is 0 Å². The molecule has 1 aliphatic heterocycles. The van der Waals surface area contributed by atoms with Crippen molar-refractivity contribution in [2.45, 2.75) is 24.9 Å². The topological polar surface area (TPSA) is 75.9 Å². The summed E-state index contributed by atoms with van der Waals surface area (Å²) in [6, 6.07) is 7.99. The van der Waals surface area contributed by atoms with Crippen molar-refractivity contribution in [1.29, 1.82) is 0 Å². The fourth-order valence-electron chi connectivity index (χ4n) is 2.28. The van der Waals surface area contributed by atoms with Crippen molar-refractivity contribution in [2.75, 3.05) is 7.05 Å². The molecule has 6 nitrogen and oxygen atoms in total. The zero-order valence-electron chi connectivity index (χ0n) is 11.8. The van der Waals surface area contributed by atoms with E-state index in [9.17, 15) is 22.8 Å². The van der Waals surface area contributed by atoms with Crippen molar-refractivity contribution in [1.82, 2.24) is 9.96 Å². The first-order valence-corrected chi connectivity index (χ1v) is 6.27. The van der Waals surface area contributed by atoms with E-state index in [0.717, 1.165) is 4.90 Å². The summed E-state index contributed by atoms with van der Waals surface area (Å²) >= 11 is 0. The Hall–Kier alpha value is -2.13. The van der Waals surface area contributed by atoms with E-state index in [2.05, 4.69) is 4.84 Å². The Balaban J connectivity index is 2.45. The van der Waals surface area contributed by atoms with Gasteiger partial charge in [-0.05, 0) is 12.5 Å². The molecule has 2 N–H and O–H groups in total. The summed E-state index contributed by atoms with van der Waals surface area (Å²) in [5.41, 5.74) is 4.42. The maximum absolute atomic E-state index is 12.4. The quantitative estimate of drug-likeness (QED) is 0.878. The van der Waals surface area contributed by atoms with E-state index >= 15 is 0 Å². The molecule has 1 aromatic carbocycles. The van der Waals surface area contributed by atoms with E-state index < -0.39 is 29.9 Å². The smallest absolute Gasteiger partial charge is 0.356 e. The van der Waals surface area contributed by atoms with Gasteiger partial charge in [0.15, 0.2) is 11.8 Å².